The average Bonchev–Trinajstić information content (AvgIpc) is 3.25. The van der Waals surface area contributed by atoms with Crippen LogP contribution in [0, 0.1) is 11.6 Å². The summed E-state index contributed by atoms with van der Waals surface area (Å²) >= 11 is 0. The normalized spacial score (nSPS) is 19.5. The third-order valence-corrected chi connectivity index (χ3v) is 4.59. The van der Waals surface area contributed by atoms with Crippen molar-refractivity contribution in [3.63, 3.8) is 0 Å². The van der Waals surface area contributed by atoms with Gasteiger partial charge in [0.2, 0.25) is 0 Å². The van der Waals surface area contributed by atoms with Gasteiger partial charge in [-0.05, 0) is 40.0 Å². The predicted octanol–water partition coefficient (Wildman–Crippen LogP) is 3.34. The number of hydrogen-bond acceptors (Lipinski definition) is 5. The lowest BCUT2D eigenvalue weighted by Crippen LogP contribution is -2.40. The standard InChI is InChI=1S/C19H25F2N3O4/c1-19(2,3)28-18(27)23-11-6-7-24(9-11)13-8-12(20)14(17(25)26)16(15(13)21)22-10-4-5-10/h8,10-11,22H,4-7,9H2,1-3H3,(H,23,27)(H,25,26)/t11-/m0/s1. The number of halogens is 2. The Morgan fingerprint density at radius 2 is 1.89 bits per heavy atom. The van der Waals surface area contributed by atoms with Crippen molar-refractivity contribution in [2.45, 2.75) is 57.7 Å². The van der Waals surface area contributed by atoms with Gasteiger partial charge in [0.1, 0.15) is 17.0 Å². The second kappa shape index (κ2) is 7.44. The summed E-state index contributed by atoms with van der Waals surface area (Å²) in [6, 6.07) is 0.589. The molecular formula is C19H25F2N3O4. The number of anilines is 2. The van der Waals surface area contributed by atoms with Crippen molar-refractivity contribution in [3.8, 4) is 0 Å². The number of hydrogen-bond donors (Lipinski definition) is 3. The molecule has 2 fully saturated rings. The van der Waals surface area contributed by atoms with Gasteiger partial charge in [-0.1, -0.05) is 0 Å². The van der Waals surface area contributed by atoms with E-state index in [1.54, 1.807) is 25.7 Å². The number of amides is 1. The van der Waals surface area contributed by atoms with E-state index in [0.29, 0.717) is 13.0 Å². The number of nitrogens with one attached hydrogen (secondary N) is 2. The molecule has 1 aromatic carbocycles. The second-order valence-electron chi connectivity index (χ2n) is 8.24. The fourth-order valence-electron chi connectivity index (χ4n) is 3.19. The topological polar surface area (TPSA) is 90.9 Å². The van der Waals surface area contributed by atoms with E-state index in [0.717, 1.165) is 18.9 Å². The molecule has 1 heterocycles. The molecule has 1 atom stereocenters. The number of benzene rings is 1. The summed E-state index contributed by atoms with van der Waals surface area (Å²) in [7, 11) is 0. The van der Waals surface area contributed by atoms with E-state index in [-0.39, 0.29) is 30.0 Å². The summed E-state index contributed by atoms with van der Waals surface area (Å²) in [5.74, 6) is -3.30. The zero-order valence-electron chi connectivity index (χ0n) is 16.1. The van der Waals surface area contributed by atoms with Crippen molar-refractivity contribution in [2.24, 2.45) is 0 Å². The van der Waals surface area contributed by atoms with Crippen LogP contribution in [-0.2, 0) is 4.74 Å². The number of alkyl carbamates (subject to hydrolysis) is 1. The van der Waals surface area contributed by atoms with Gasteiger partial charge in [-0.15, -0.1) is 0 Å². The van der Waals surface area contributed by atoms with Crippen molar-refractivity contribution in [2.75, 3.05) is 23.3 Å². The molecule has 2 aliphatic rings. The van der Waals surface area contributed by atoms with Crippen LogP contribution >= 0.6 is 0 Å². The van der Waals surface area contributed by atoms with E-state index in [4.69, 9.17) is 4.74 Å². The molecule has 154 valence electrons. The number of carboxylic acids is 1. The zero-order chi connectivity index (χ0) is 20.6. The zero-order valence-corrected chi connectivity index (χ0v) is 16.1. The highest BCUT2D eigenvalue weighted by atomic mass is 19.1. The molecule has 1 saturated heterocycles. The first kappa shape index (κ1) is 20.2. The van der Waals surface area contributed by atoms with Crippen LogP contribution in [-0.4, -0.2) is 47.9 Å². The van der Waals surface area contributed by atoms with Crippen LogP contribution in [0.5, 0.6) is 0 Å². The Balaban J connectivity index is 1.77. The SMILES string of the molecule is CC(C)(C)OC(=O)N[C@H]1CCN(c2cc(F)c(C(=O)O)c(NC3CC3)c2F)C1. The number of nitrogens with zero attached hydrogens (tertiary/aromatic N) is 1. The molecule has 28 heavy (non-hydrogen) atoms. The first-order valence-corrected chi connectivity index (χ1v) is 9.31. The molecule has 3 N–H and O–H groups in total. The van der Waals surface area contributed by atoms with Gasteiger partial charge in [-0.25, -0.2) is 18.4 Å². The molecule has 0 aromatic heterocycles. The first-order chi connectivity index (χ1) is 13.0. The van der Waals surface area contributed by atoms with Crippen molar-refractivity contribution in [3.05, 3.63) is 23.3 Å². The minimum atomic E-state index is -1.52. The smallest absolute Gasteiger partial charge is 0.407 e. The highest BCUT2D eigenvalue weighted by molar-refractivity contribution is 5.96. The van der Waals surface area contributed by atoms with E-state index >= 15 is 4.39 Å². The van der Waals surface area contributed by atoms with Crippen molar-refractivity contribution in [1.82, 2.24) is 5.32 Å². The third kappa shape index (κ3) is 4.63. The molecule has 0 unspecified atom stereocenters. The largest absolute Gasteiger partial charge is 0.478 e. The minimum Gasteiger partial charge on any atom is -0.478 e. The summed E-state index contributed by atoms with van der Waals surface area (Å²) < 4.78 is 34.8. The quantitative estimate of drug-likeness (QED) is 0.706. The maximum Gasteiger partial charge on any atom is 0.407 e. The molecule has 1 aromatic rings. The number of carbonyl (C=O) groups is 2. The summed E-state index contributed by atoms with van der Waals surface area (Å²) in [5.41, 5.74) is -1.64. The average molecular weight is 397 g/mol. The molecule has 1 amide bonds. The summed E-state index contributed by atoms with van der Waals surface area (Å²) in [6.45, 7) is 5.93. The summed E-state index contributed by atoms with van der Waals surface area (Å²) in [4.78, 5) is 24.9. The fourth-order valence-corrected chi connectivity index (χ4v) is 3.19. The molecule has 0 radical (unpaired) electrons. The van der Waals surface area contributed by atoms with Gasteiger partial charge < -0.3 is 25.4 Å². The van der Waals surface area contributed by atoms with Crippen LogP contribution < -0.4 is 15.5 Å². The van der Waals surface area contributed by atoms with Gasteiger partial charge in [-0.3, -0.25) is 0 Å². The van der Waals surface area contributed by atoms with E-state index in [1.807, 2.05) is 0 Å². The lowest BCUT2D eigenvalue weighted by molar-refractivity contribution is 0.0508. The van der Waals surface area contributed by atoms with Crippen LogP contribution in [0.2, 0.25) is 0 Å². The van der Waals surface area contributed by atoms with Gasteiger partial charge in [0.25, 0.3) is 0 Å². The van der Waals surface area contributed by atoms with Crippen LogP contribution in [0.3, 0.4) is 0 Å². The number of ether oxygens (including phenoxy) is 1. The highest BCUT2D eigenvalue weighted by Gasteiger charge is 2.33. The van der Waals surface area contributed by atoms with Crippen LogP contribution in [0.15, 0.2) is 6.07 Å². The lowest BCUT2D eigenvalue weighted by atomic mass is 10.1. The first-order valence-electron chi connectivity index (χ1n) is 9.31. The maximum absolute atomic E-state index is 15.1. The summed E-state index contributed by atoms with van der Waals surface area (Å²) in [5, 5.41) is 14.8. The van der Waals surface area contributed by atoms with Gasteiger partial charge >= 0.3 is 12.1 Å². The Bertz CT molecular complexity index is 790. The molecule has 3 rings (SSSR count). The third-order valence-electron chi connectivity index (χ3n) is 4.59. The number of carboxylic acid groups (broad SMARTS) is 1. The van der Waals surface area contributed by atoms with Crippen molar-refractivity contribution in [1.29, 1.82) is 0 Å². The Morgan fingerprint density at radius 3 is 2.46 bits per heavy atom. The molecule has 1 aliphatic heterocycles. The van der Waals surface area contributed by atoms with E-state index in [1.165, 1.54) is 0 Å². The van der Waals surface area contributed by atoms with Crippen molar-refractivity contribution >= 4 is 23.4 Å². The highest BCUT2D eigenvalue weighted by Crippen LogP contribution is 2.36. The summed E-state index contributed by atoms with van der Waals surface area (Å²) in [6.07, 6.45) is 1.54. The Labute approximate surface area is 162 Å². The van der Waals surface area contributed by atoms with Crippen LogP contribution in [0.25, 0.3) is 0 Å². The fraction of sp³-hybridized carbons (Fsp3) is 0.579. The van der Waals surface area contributed by atoms with Crippen LogP contribution in [0.4, 0.5) is 25.0 Å². The predicted molar refractivity (Wildman–Crippen MR) is 99.9 cm³/mol. The van der Waals surface area contributed by atoms with E-state index < -0.39 is 34.9 Å². The number of aromatic carboxylic acids is 1. The molecule has 1 saturated carbocycles. The van der Waals surface area contributed by atoms with Gasteiger partial charge in [0.05, 0.1) is 17.4 Å². The van der Waals surface area contributed by atoms with Crippen LogP contribution in [0.1, 0.15) is 50.4 Å². The minimum absolute atomic E-state index is 0.0147. The lowest BCUT2D eigenvalue weighted by Gasteiger charge is -2.24. The van der Waals surface area contributed by atoms with Gasteiger partial charge in [-0.2, -0.15) is 0 Å². The second-order valence-corrected chi connectivity index (χ2v) is 8.24. The molecular weight excluding hydrogens is 372 g/mol. The molecule has 7 nitrogen and oxygen atoms in total. The Morgan fingerprint density at radius 1 is 1.21 bits per heavy atom. The molecule has 0 spiro atoms. The van der Waals surface area contributed by atoms with Gasteiger partial charge in [0.15, 0.2) is 5.82 Å². The number of rotatable bonds is 5. The van der Waals surface area contributed by atoms with E-state index in [9.17, 15) is 19.1 Å². The molecule has 9 heteroatoms. The monoisotopic (exact) mass is 397 g/mol. The molecule has 1 aliphatic carbocycles. The van der Waals surface area contributed by atoms with Crippen molar-refractivity contribution < 1.29 is 28.2 Å². The maximum atomic E-state index is 15.1. The molecule has 0 bridgehead atoms. The van der Waals surface area contributed by atoms with E-state index in [2.05, 4.69) is 10.6 Å². The Kier molecular flexibility index (Phi) is 5.36. The van der Waals surface area contributed by atoms with Gasteiger partial charge in [0, 0.05) is 25.2 Å². The Hall–Kier alpha value is -2.58. The number of carbonyl (C=O) groups excluding carboxylic acids is 1.